The number of hydrogen-bond donors (Lipinski definition) is 2. The van der Waals surface area contributed by atoms with Gasteiger partial charge in [-0.05, 0) is 47.4 Å². The Hall–Kier alpha value is -3.45. The Labute approximate surface area is 211 Å². The first kappa shape index (κ1) is 26.2. The van der Waals surface area contributed by atoms with Crippen LogP contribution < -0.4 is 20.1 Å². The van der Waals surface area contributed by atoms with Gasteiger partial charge in [0, 0.05) is 23.1 Å². The van der Waals surface area contributed by atoms with E-state index in [4.69, 9.17) is 9.47 Å². The van der Waals surface area contributed by atoms with Crippen LogP contribution in [-0.4, -0.2) is 26.0 Å². The molecule has 3 rings (SSSR count). The lowest BCUT2D eigenvalue weighted by atomic mass is 9.92. The molecule has 0 saturated carbocycles. The molecule has 6 nitrogen and oxygen atoms in total. The first-order valence-corrected chi connectivity index (χ1v) is 12.2. The van der Waals surface area contributed by atoms with Crippen LogP contribution in [0.2, 0.25) is 0 Å². The fourth-order valence-electron chi connectivity index (χ4n) is 3.45. The third kappa shape index (κ3) is 7.79. The van der Waals surface area contributed by atoms with Crippen LogP contribution in [0.5, 0.6) is 11.5 Å². The lowest BCUT2D eigenvalue weighted by Gasteiger charge is -2.19. The van der Waals surface area contributed by atoms with Crippen molar-refractivity contribution in [2.24, 2.45) is 5.41 Å². The van der Waals surface area contributed by atoms with E-state index in [2.05, 4.69) is 10.6 Å². The van der Waals surface area contributed by atoms with Gasteiger partial charge in [0.05, 0.1) is 19.9 Å². The smallest absolute Gasteiger partial charge is 0.242 e. The number of amides is 2. The molecule has 0 aliphatic rings. The topological polar surface area (TPSA) is 76.7 Å². The molecule has 3 aromatic carbocycles. The summed E-state index contributed by atoms with van der Waals surface area (Å²) < 4.78 is 10.7. The number of rotatable bonds is 9. The maximum atomic E-state index is 13.4. The number of anilines is 2. The second kappa shape index (κ2) is 11.8. The van der Waals surface area contributed by atoms with Crippen molar-refractivity contribution in [3.05, 3.63) is 78.4 Å². The van der Waals surface area contributed by atoms with Crippen LogP contribution in [0.4, 0.5) is 11.4 Å². The minimum absolute atomic E-state index is 0.0216. The Morgan fingerprint density at radius 3 is 2.17 bits per heavy atom. The molecule has 0 aromatic heterocycles. The molecule has 35 heavy (non-hydrogen) atoms. The maximum Gasteiger partial charge on any atom is 0.242 e. The van der Waals surface area contributed by atoms with E-state index in [1.54, 1.807) is 32.4 Å². The van der Waals surface area contributed by atoms with E-state index in [0.29, 0.717) is 23.6 Å². The van der Waals surface area contributed by atoms with Crippen molar-refractivity contribution in [1.82, 2.24) is 0 Å². The first-order valence-electron chi connectivity index (χ1n) is 11.3. The summed E-state index contributed by atoms with van der Waals surface area (Å²) in [7, 11) is 3.13. The number of ether oxygens (including phenoxy) is 2. The van der Waals surface area contributed by atoms with Gasteiger partial charge in [-0.3, -0.25) is 9.59 Å². The van der Waals surface area contributed by atoms with Gasteiger partial charge in [0.1, 0.15) is 16.7 Å². The summed E-state index contributed by atoms with van der Waals surface area (Å²) in [6.45, 7) is 6.09. The number of nitrogens with one attached hydrogen (secondary N) is 2. The molecule has 0 radical (unpaired) electrons. The molecule has 1 unspecified atom stereocenters. The van der Waals surface area contributed by atoms with Crippen molar-refractivity contribution < 1.29 is 19.1 Å². The molecule has 0 heterocycles. The van der Waals surface area contributed by atoms with Crippen molar-refractivity contribution >= 4 is 35.0 Å². The van der Waals surface area contributed by atoms with Crippen molar-refractivity contribution in [2.45, 2.75) is 37.3 Å². The standard InChI is InChI=1S/C28H32N2O4S/c1-28(2,3)18-25(31)29-20-11-14-22(15-12-20)35-26(19-9-7-6-8-10-19)27(32)30-23-17-21(33-4)13-16-24(23)34-5/h6-17,26H,18H2,1-5H3,(H,29,31)(H,30,32). The van der Waals surface area contributed by atoms with Gasteiger partial charge in [-0.2, -0.15) is 0 Å². The number of thioether (sulfide) groups is 1. The van der Waals surface area contributed by atoms with Crippen LogP contribution in [0.3, 0.4) is 0 Å². The van der Waals surface area contributed by atoms with Crippen LogP contribution in [0, 0.1) is 5.41 Å². The maximum absolute atomic E-state index is 13.4. The van der Waals surface area contributed by atoms with E-state index in [-0.39, 0.29) is 17.2 Å². The lowest BCUT2D eigenvalue weighted by molar-refractivity contribution is -0.118. The number of carbonyl (C=O) groups is 2. The summed E-state index contributed by atoms with van der Waals surface area (Å²) in [5.74, 6) is 0.961. The fraction of sp³-hybridized carbons (Fsp3) is 0.286. The van der Waals surface area contributed by atoms with Crippen LogP contribution in [0.25, 0.3) is 0 Å². The molecular formula is C28H32N2O4S. The largest absolute Gasteiger partial charge is 0.497 e. The summed E-state index contributed by atoms with van der Waals surface area (Å²) in [5, 5.41) is 5.42. The monoisotopic (exact) mass is 492 g/mol. The van der Waals surface area contributed by atoms with E-state index in [1.807, 2.05) is 75.4 Å². The second-order valence-electron chi connectivity index (χ2n) is 9.27. The van der Waals surface area contributed by atoms with Gasteiger partial charge < -0.3 is 20.1 Å². The van der Waals surface area contributed by atoms with Gasteiger partial charge in [0.15, 0.2) is 0 Å². The highest BCUT2D eigenvalue weighted by molar-refractivity contribution is 8.00. The van der Waals surface area contributed by atoms with Gasteiger partial charge in [-0.25, -0.2) is 0 Å². The molecule has 184 valence electrons. The van der Waals surface area contributed by atoms with Crippen LogP contribution in [-0.2, 0) is 9.59 Å². The average molecular weight is 493 g/mol. The Bertz CT molecular complexity index is 1140. The fourth-order valence-corrected chi connectivity index (χ4v) is 4.48. The minimum Gasteiger partial charge on any atom is -0.497 e. The molecule has 0 fully saturated rings. The lowest BCUT2D eigenvalue weighted by Crippen LogP contribution is -2.20. The molecular weight excluding hydrogens is 460 g/mol. The number of carbonyl (C=O) groups excluding carboxylic acids is 2. The summed E-state index contributed by atoms with van der Waals surface area (Å²) >= 11 is 1.43. The molecule has 0 spiro atoms. The van der Waals surface area contributed by atoms with E-state index < -0.39 is 5.25 Å². The summed E-state index contributed by atoms with van der Waals surface area (Å²) in [6, 6.07) is 22.4. The van der Waals surface area contributed by atoms with Gasteiger partial charge >= 0.3 is 0 Å². The van der Waals surface area contributed by atoms with Crippen molar-refractivity contribution in [2.75, 3.05) is 24.9 Å². The predicted molar refractivity (Wildman–Crippen MR) is 142 cm³/mol. The number of benzene rings is 3. The summed E-state index contributed by atoms with van der Waals surface area (Å²) in [6.07, 6.45) is 0.438. The third-order valence-electron chi connectivity index (χ3n) is 5.09. The number of hydrogen-bond acceptors (Lipinski definition) is 5. The van der Waals surface area contributed by atoms with E-state index in [9.17, 15) is 9.59 Å². The molecule has 0 aliphatic heterocycles. The van der Waals surface area contributed by atoms with E-state index >= 15 is 0 Å². The molecule has 0 saturated heterocycles. The third-order valence-corrected chi connectivity index (χ3v) is 6.35. The minimum atomic E-state index is -0.506. The SMILES string of the molecule is COc1ccc(OC)c(NC(=O)C(Sc2ccc(NC(=O)CC(C)(C)C)cc2)c2ccccc2)c1. The molecule has 2 N–H and O–H groups in total. The Morgan fingerprint density at radius 2 is 1.57 bits per heavy atom. The number of methoxy groups -OCH3 is 2. The van der Waals surface area contributed by atoms with Gasteiger partial charge in [0.25, 0.3) is 0 Å². The zero-order chi connectivity index (χ0) is 25.4. The normalized spacial score (nSPS) is 11.9. The molecule has 7 heteroatoms. The zero-order valence-electron chi connectivity index (χ0n) is 20.8. The molecule has 2 amide bonds. The second-order valence-corrected chi connectivity index (χ2v) is 10.5. The molecule has 0 aliphatic carbocycles. The zero-order valence-corrected chi connectivity index (χ0v) is 21.6. The van der Waals surface area contributed by atoms with Gasteiger partial charge in [0.2, 0.25) is 11.8 Å². The first-order chi connectivity index (χ1) is 16.7. The Morgan fingerprint density at radius 1 is 0.886 bits per heavy atom. The van der Waals surface area contributed by atoms with Crippen LogP contribution in [0.15, 0.2) is 77.7 Å². The van der Waals surface area contributed by atoms with Gasteiger partial charge in [-0.1, -0.05) is 51.1 Å². The Kier molecular flexibility index (Phi) is 8.82. The highest BCUT2D eigenvalue weighted by Gasteiger charge is 2.23. The molecule has 0 bridgehead atoms. The van der Waals surface area contributed by atoms with E-state index in [0.717, 1.165) is 16.1 Å². The quantitative estimate of drug-likeness (QED) is 0.331. The van der Waals surface area contributed by atoms with Crippen LogP contribution >= 0.6 is 11.8 Å². The highest BCUT2D eigenvalue weighted by Crippen LogP contribution is 2.38. The average Bonchev–Trinajstić information content (AvgIpc) is 2.82. The predicted octanol–water partition coefficient (Wildman–Crippen LogP) is 6.55. The van der Waals surface area contributed by atoms with Crippen molar-refractivity contribution in [3.8, 4) is 11.5 Å². The summed E-state index contributed by atoms with van der Waals surface area (Å²) in [4.78, 5) is 26.6. The van der Waals surface area contributed by atoms with Gasteiger partial charge in [-0.15, -0.1) is 11.8 Å². The van der Waals surface area contributed by atoms with E-state index in [1.165, 1.54) is 11.8 Å². The Balaban J connectivity index is 1.79. The van der Waals surface area contributed by atoms with Crippen LogP contribution in [0.1, 0.15) is 38.0 Å². The van der Waals surface area contributed by atoms with Crippen molar-refractivity contribution in [3.63, 3.8) is 0 Å². The molecule has 1 atom stereocenters. The molecule has 3 aromatic rings. The summed E-state index contributed by atoms with van der Waals surface area (Å²) in [5.41, 5.74) is 2.06. The van der Waals surface area contributed by atoms with Crippen molar-refractivity contribution in [1.29, 1.82) is 0 Å². The highest BCUT2D eigenvalue weighted by atomic mass is 32.2.